The fourth-order valence-corrected chi connectivity index (χ4v) is 2.34. The number of methoxy groups -OCH3 is 1. The number of pyridine rings is 1. The van der Waals surface area contributed by atoms with E-state index in [0.717, 1.165) is 12.3 Å². The summed E-state index contributed by atoms with van der Waals surface area (Å²) >= 11 is 11.9. The molecule has 0 amide bonds. The van der Waals surface area contributed by atoms with Gasteiger partial charge in [0, 0.05) is 18.9 Å². The number of rotatable bonds is 4. The fraction of sp³-hybridized carbons (Fsp3) is 0.333. The average molecular weight is 340 g/mol. The summed E-state index contributed by atoms with van der Waals surface area (Å²) in [4.78, 5) is 3.74. The van der Waals surface area contributed by atoms with Crippen LogP contribution < -0.4 is 0 Å². The van der Waals surface area contributed by atoms with Crippen LogP contribution in [-0.2, 0) is 23.4 Å². The minimum atomic E-state index is -4.44. The van der Waals surface area contributed by atoms with Crippen LogP contribution in [-0.4, -0.2) is 21.9 Å². The van der Waals surface area contributed by atoms with Crippen LogP contribution >= 0.6 is 23.2 Å². The zero-order valence-electron chi connectivity index (χ0n) is 10.8. The van der Waals surface area contributed by atoms with Crippen molar-refractivity contribution in [3.8, 4) is 5.82 Å². The van der Waals surface area contributed by atoms with Gasteiger partial charge >= 0.3 is 6.18 Å². The van der Waals surface area contributed by atoms with E-state index in [-0.39, 0.29) is 23.5 Å². The van der Waals surface area contributed by atoms with E-state index in [1.165, 1.54) is 17.9 Å². The van der Waals surface area contributed by atoms with Gasteiger partial charge in [-0.3, -0.25) is 0 Å². The quantitative estimate of drug-likeness (QED) is 0.795. The molecular formula is C12H10Cl2F3N3O. The lowest BCUT2D eigenvalue weighted by molar-refractivity contribution is -0.137. The van der Waals surface area contributed by atoms with Crippen LogP contribution in [0.1, 0.15) is 16.8 Å². The lowest BCUT2D eigenvalue weighted by Crippen LogP contribution is -2.07. The van der Waals surface area contributed by atoms with Crippen molar-refractivity contribution in [3.63, 3.8) is 0 Å². The predicted octanol–water partition coefficient (Wildman–Crippen LogP) is 3.82. The lowest BCUT2D eigenvalue weighted by Gasteiger charge is -2.07. The molecule has 114 valence electrons. The van der Waals surface area contributed by atoms with Gasteiger partial charge in [-0.25, -0.2) is 9.67 Å². The highest BCUT2D eigenvalue weighted by atomic mass is 35.5. The zero-order chi connectivity index (χ0) is 15.6. The molecule has 0 spiro atoms. The number of hydrogen-bond acceptors (Lipinski definition) is 3. The second-order valence-corrected chi connectivity index (χ2v) is 4.72. The summed E-state index contributed by atoms with van der Waals surface area (Å²) in [6.45, 7) is 0.190. The van der Waals surface area contributed by atoms with Crippen LogP contribution in [0.25, 0.3) is 5.82 Å². The minimum Gasteiger partial charge on any atom is -0.378 e. The monoisotopic (exact) mass is 339 g/mol. The Hall–Kier alpha value is -1.31. The molecular weight excluding hydrogens is 330 g/mol. The van der Waals surface area contributed by atoms with Gasteiger partial charge in [-0.05, 0) is 12.1 Å². The molecule has 2 rings (SSSR count). The van der Waals surface area contributed by atoms with Crippen LogP contribution in [0.5, 0.6) is 0 Å². The Morgan fingerprint density at radius 1 is 1.33 bits per heavy atom. The molecule has 0 radical (unpaired) electrons. The molecule has 0 fully saturated rings. The van der Waals surface area contributed by atoms with E-state index in [1.54, 1.807) is 0 Å². The first kappa shape index (κ1) is 16.1. The van der Waals surface area contributed by atoms with Gasteiger partial charge in [-0.1, -0.05) is 11.6 Å². The lowest BCUT2D eigenvalue weighted by atomic mass is 10.3. The molecule has 0 aliphatic rings. The maximum absolute atomic E-state index is 12.5. The van der Waals surface area contributed by atoms with Gasteiger partial charge in [-0.15, -0.1) is 11.6 Å². The number of aromatic nitrogens is 3. The van der Waals surface area contributed by atoms with E-state index in [4.69, 9.17) is 27.9 Å². The number of hydrogen-bond donors (Lipinski definition) is 0. The molecule has 0 saturated carbocycles. The van der Waals surface area contributed by atoms with Gasteiger partial charge in [0.25, 0.3) is 0 Å². The molecule has 9 heteroatoms. The van der Waals surface area contributed by atoms with Crippen molar-refractivity contribution in [1.29, 1.82) is 0 Å². The maximum atomic E-state index is 12.5. The van der Waals surface area contributed by atoms with Gasteiger partial charge in [0.2, 0.25) is 0 Å². The highest BCUT2D eigenvalue weighted by Crippen LogP contribution is 2.30. The van der Waals surface area contributed by atoms with Crippen molar-refractivity contribution < 1.29 is 17.9 Å². The third-order valence-electron chi connectivity index (χ3n) is 2.71. The van der Waals surface area contributed by atoms with E-state index >= 15 is 0 Å². The Bertz CT molecular complexity index is 626. The van der Waals surface area contributed by atoms with E-state index in [1.807, 2.05) is 0 Å². The van der Waals surface area contributed by atoms with E-state index in [2.05, 4.69) is 10.1 Å². The standard InChI is InChI=1S/C12H10Cl2F3N3O/c1-21-6-9-8(4-13)11(14)20(19-9)10-3-2-7(5-18-10)12(15,16)17/h2-3,5H,4,6H2,1H3. The molecule has 0 aliphatic carbocycles. The first-order valence-electron chi connectivity index (χ1n) is 5.73. The molecule has 2 heterocycles. The summed E-state index contributed by atoms with van der Waals surface area (Å²) in [5.74, 6) is 0.278. The second kappa shape index (κ2) is 6.21. The third kappa shape index (κ3) is 3.30. The molecule has 0 N–H and O–H groups in total. The Balaban J connectivity index is 2.42. The molecule has 4 nitrogen and oxygen atoms in total. The molecule has 2 aromatic rings. The van der Waals surface area contributed by atoms with Gasteiger partial charge in [0.05, 0.1) is 23.7 Å². The van der Waals surface area contributed by atoms with E-state index in [0.29, 0.717) is 11.3 Å². The largest absolute Gasteiger partial charge is 0.417 e. The maximum Gasteiger partial charge on any atom is 0.417 e. The molecule has 0 aromatic carbocycles. The fourth-order valence-electron chi connectivity index (χ4n) is 1.69. The smallest absolute Gasteiger partial charge is 0.378 e. The number of alkyl halides is 4. The third-order valence-corrected chi connectivity index (χ3v) is 3.37. The second-order valence-electron chi connectivity index (χ2n) is 4.10. The summed E-state index contributed by atoms with van der Waals surface area (Å²) < 4.78 is 43.7. The summed E-state index contributed by atoms with van der Waals surface area (Å²) in [6.07, 6.45) is -3.72. The summed E-state index contributed by atoms with van der Waals surface area (Å²) in [5, 5.41) is 4.36. The first-order valence-corrected chi connectivity index (χ1v) is 6.64. The molecule has 0 bridgehead atoms. The molecule has 2 aromatic heterocycles. The van der Waals surface area contributed by atoms with Gasteiger partial charge in [0.15, 0.2) is 5.82 Å². The van der Waals surface area contributed by atoms with E-state index < -0.39 is 11.7 Å². The van der Waals surface area contributed by atoms with Crippen LogP contribution in [0, 0.1) is 0 Å². The molecule has 0 unspecified atom stereocenters. The highest BCUT2D eigenvalue weighted by molar-refractivity contribution is 6.31. The summed E-state index contributed by atoms with van der Waals surface area (Å²) in [5.41, 5.74) is 0.227. The van der Waals surface area contributed by atoms with Crippen molar-refractivity contribution in [3.05, 3.63) is 40.3 Å². The number of ether oxygens (including phenoxy) is 1. The summed E-state index contributed by atoms with van der Waals surface area (Å²) in [6, 6.07) is 2.10. The normalized spacial score (nSPS) is 11.9. The van der Waals surface area contributed by atoms with Gasteiger partial charge < -0.3 is 4.74 Å². The van der Waals surface area contributed by atoms with Gasteiger partial charge in [-0.2, -0.15) is 18.3 Å². The molecule has 0 aliphatic heterocycles. The number of halogens is 5. The van der Waals surface area contributed by atoms with Crippen molar-refractivity contribution >= 4 is 23.2 Å². The van der Waals surface area contributed by atoms with Crippen molar-refractivity contribution in [1.82, 2.24) is 14.8 Å². The predicted molar refractivity (Wildman–Crippen MR) is 71.6 cm³/mol. The average Bonchev–Trinajstić information content (AvgIpc) is 2.74. The SMILES string of the molecule is COCc1nn(-c2ccc(C(F)(F)F)cn2)c(Cl)c1CCl. The van der Waals surface area contributed by atoms with Crippen LogP contribution in [0.4, 0.5) is 13.2 Å². The van der Waals surface area contributed by atoms with E-state index in [9.17, 15) is 13.2 Å². The van der Waals surface area contributed by atoms with Crippen molar-refractivity contribution in [2.75, 3.05) is 7.11 Å². The zero-order valence-corrected chi connectivity index (χ0v) is 12.3. The first-order chi connectivity index (χ1) is 9.88. The van der Waals surface area contributed by atoms with Crippen LogP contribution in [0.2, 0.25) is 5.15 Å². The molecule has 0 atom stereocenters. The van der Waals surface area contributed by atoms with Crippen LogP contribution in [0.15, 0.2) is 18.3 Å². The highest BCUT2D eigenvalue weighted by Gasteiger charge is 2.31. The topological polar surface area (TPSA) is 39.9 Å². The minimum absolute atomic E-state index is 0.109. The van der Waals surface area contributed by atoms with Gasteiger partial charge in [0.1, 0.15) is 5.15 Å². The Morgan fingerprint density at radius 3 is 2.52 bits per heavy atom. The Kier molecular flexibility index (Phi) is 4.75. The van der Waals surface area contributed by atoms with Crippen molar-refractivity contribution in [2.24, 2.45) is 0 Å². The molecule has 21 heavy (non-hydrogen) atoms. The van der Waals surface area contributed by atoms with Crippen molar-refractivity contribution in [2.45, 2.75) is 18.7 Å². The molecule has 0 saturated heterocycles. The number of nitrogens with zero attached hydrogens (tertiary/aromatic N) is 3. The van der Waals surface area contributed by atoms with Crippen LogP contribution in [0.3, 0.4) is 0 Å². The summed E-state index contributed by atoms with van der Waals surface area (Å²) in [7, 11) is 1.49. The Labute approximate surface area is 128 Å². The Morgan fingerprint density at radius 2 is 2.05 bits per heavy atom.